The third-order valence-electron chi connectivity index (χ3n) is 2.44. The monoisotopic (exact) mass is 241 g/mol. The van der Waals surface area contributed by atoms with Crippen molar-refractivity contribution in [3.8, 4) is 0 Å². The zero-order chi connectivity index (χ0) is 11.4. The molecule has 0 spiro atoms. The quantitative estimate of drug-likeness (QED) is 0.868. The van der Waals surface area contributed by atoms with Crippen LogP contribution in [0.1, 0.15) is 17.8 Å². The number of hydrogen-bond acceptors (Lipinski definition) is 4. The molecule has 1 aliphatic rings. The van der Waals surface area contributed by atoms with Crippen LogP contribution in [0.2, 0.25) is 0 Å². The summed E-state index contributed by atoms with van der Waals surface area (Å²) in [6, 6.07) is 4.01. The summed E-state index contributed by atoms with van der Waals surface area (Å²) in [7, 11) is 0. The topological polar surface area (TPSA) is 47.6 Å². The molecule has 1 aromatic rings. The molecule has 1 N–H and O–H groups in total. The van der Waals surface area contributed by atoms with Gasteiger partial charge in [-0.1, -0.05) is 6.07 Å². The molecule has 88 valence electrons. The van der Waals surface area contributed by atoms with Crippen LogP contribution in [0.25, 0.3) is 0 Å². The van der Waals surface area contributed by atoms with Crippen LogP contribution in [0.5, 0.6) is 0 Å². The molecule has 1 saturated heterocycles. The van der Waals surface area contributed by atoms with Crippen molar-refractivity contribution >= 4 is 17.2 Å². The van der Waals surface area contributed by atoms with E-state index in [4.69, 9.17) is 9.47 Å². The van der Waals surface area contributed by atoms with Gasteiger partial charge in [0.25, 0.3) is 5.91 Å². The van der Waals surface area contributed by atoms with E-state index in [0.717, 1.165) is 4.88 Å². The van der Waals surface area contributed by atoms with Gasteiger partial charge in [0.15, 0.2) is 6.10 Å². The summed E-state index contributed by atoms with van der Waals surface area (Å²) in [5.41, 5.74) is 0. The molecule has 5 heteroatoms. The van der Waals surface area contributed by atoms with E-state index in [1.807, 2.05) is 24.4 Å². The van der Waals surface area contributed by atoms with Crippen molar-refractivity contribution in [2.24, 2.45) is 0 Å². The van der Waals surface area contributed by atoms with Gasteiger partial charge in [0, 0.05) is 4.88 Å². The molecule has 0 aromatic carbocycles. The molecule has 0 unspecified atom stereocenters. The van der Waals surface area contributed by atoms with Crippen LogP contribution in [0.3, 0.4) is 0 Å². The number of hydrogen-bond donors (Lipinski definition) is 1. The first-order chi connectivity index (χ1) is 7.77. The van der Waals surface area contributed by atoms with E-state index in [9.17, 15) is 4.79 Å². The summed E-state index contributed by atoms with van der Waals surface area (Å²) in [6.07, 6.45) is -0.462. The molecule has 1 aromatic heterocycles. The number of nitrogens with one attached hydrogen (secondary N) is 1. The lowest BCUT2D eigenvalue weighted by molar-refractivity contribution is -0.148. The maximum absolute atomic E-state index is 11.8. The summed E-state index contributed by atoms with van der Waals surface area (Å²) in [5.74, 6) is -0.0967. The molecule has 1 fully saturated rings. The zero-order valence-corrected chi connectivity index (χ0v) is 9.96. The summed E-state index contributed by atoms with van der Waals surface area (Å²) in [4.78, 5) is 12.9. The Hall–Kier alpha value is -0.910. The second-order valence-electron chi connectivity index (χ2n) is 3.68. The molecule has 2 rings (SSSR count). The first-order valence-corrected chi connectivity index (χ1v) is 6.18. The van der Waals surface area contributed by atoms with Crippen LogP contribution in [0, 0.1) is 0 Å². The van der Waals surface area contributed by atoms with Crippen LogP contribution in [0.15, 0.2) is 17.5 Å². The molecular formula is C11H15NO3S. The van der Waals surface area contributed by atoms with Gasteiger partial charge >= 0.3 is 0 Å². The average molecular weight is 241 g/mol. The zero-order valence-electron chi connectivity index (χ0n) is 9.14. The van der Waals surface area contributed by atoms with Crippen molar-refractivity contribution in [1.82, 2.24) is 5.32 Å². The molecule has 2 heterocycles. The van der Waals surface area contributed by atoms with Gasteiger partial charge in [-0.2, -0.15) is 0 Å². The molecule has 4 nitrogen and oxygen atoms in total. The molecular weight excluding hydrogens is 226 g/mol. The summed E-state index contributed by atoms with van der Waals surface area (Å²) >= 11 is 1.63. The van der Waals surface area contributed by atoms with Gasteiger partial charge in [0.2, 0.25) is 0 Å². The van der Waals surface area contributed by atoms with Crippen molar-refractivity contribution < 1.29 is 14.3 Å². The van der Waals surface area contributed by atoms with E-state index in [-0.39, 0.29) is 11.9 Å². The number of rotatable bonds is 3. The number of carbonyl (C=O) groups excluding carboxylic acids is 1. The van der Waals surface area contributed by atoms with Crippen molar-refractivity contribution in [3.63, 3.8) is 0 Å². The Morgan fingerprint density at radius 1 is 1.62 bits per heavy atom. The lowest BCUT2D eigenvalue weighted by atomic mass is 10.2. The molecule has 0 aliphatic carbocycles. The molecule has 0 saturated carbocycles. The summed E-state index contributed by atoms with van der Waals surface area (Å²) in [5, 5.41) is 4.92. The Kier molecular flexibility index (Phi) is 3.93. The first kappa shape index (κ1) is 11.6. The maximum atomic E-state index is 11.8. The normalized spacial score (nSPS) is 22.7. The van der Waals surface area contributed by atoms with Crippen molar-refractivity contribution in [1.29, 1.82) is 0 Å². The highest BCUT2D eigenvalue weighted by Gasteiger charge is 2.24. The van der Waals surface area contributed by atoms with Gasteiger partial charge in [-0.15, -0.1) is 11.3 Å². The average Bonchev–Trinajstić information content (AvgIpc) is 2.83. The number of thiophene rings is 1. The minimum Gasteiger partial charge on any atom is -0.376 e. The second kappa shape index (κ2) is 5.43. The highest BCUT2D eigenvalue weighted by Crippen LogP contribution is 2.18. The Morgan fingerprint density at radius 3 is 3.12 bits per heavy atom. The largest absolute Gasteiger partial charge is 0.376 e. The van der Waals surface area contributed by atoms with Gasteiger partial charge in [0.1, 0.15) is 0 Å². The predicted octanol–water partition coefficient (Wildman–Crippen LogP) is 1.34. The van der Waals surface area contributed by atoms with Crippen molar-refractivity contribution in [3.05, 3.63) is 22.4 Å². The van der Waals surface area contributed by atoms with Crippen LogP contribution >= 0.6 is 11.3 Å². The van der Waals surface area contributed by atoms with Crippen LogP contribution < -0.4 is 5.32 Å². The van der Waals surface area contributed by atoms with Gasteiger partial charge in [-0.05, 0) is 18.4 Å². The molecule has 0 radical (unpaired) electrons. The standard InChI is InChI=1S/C11H15NO3S/c1-8(10-3-2-6-16-10)12-11(13)9-7-14-4-5-15-9/h2-3,6,8-9H,4-5,7H2,1H3,(H,12,13)/t8-,9-/m0/s1. The third-order valence-corrected chi connectivity index (χ3v) is 3.49. The predicted molar refractivity (Wildman–Crippen MR) is 61.4 cm³/mol. The lowest BCUT2D eigenvalue weighted by Gasteiger charge is -2.23. The number of ether oxygens (including phenoxy) is 2. The first-order valence-electron chi connectivity index (χ1n) is 5.30. The Morgan fingerprint density at radius 2 is 2.50 bits per heavy atom. The van der Waals surface area contributed by atoms with Gasteiger partial charge < -0.3 is 14.8 Å². The van der Waals surface area contributed by atoms with Crippen LogP contribution in [-0.2, 0) is 14.3 Å². The van der Waals surface area contributed by atoms with E-state index < -0.39 is 6.10 Å². The summed E-state index contributed by atoms with van der Waals surface area (Å²) < 4.78 is 10.5. The molecule has 1 amide bonds. The smallest absolute Gasteiger partial charge is 0.252 e. The Balaban J connectivity index is 1.86. The fourth-order valence-electron chi connectivity index (χ4n) is 1.55. The molecule has 1 aliphatic heterocycles. The fraction of sp³-hybridized carbons (Fsp3) is 0.545. The Labute approximate surface area is 98.6 Å². The van der Waals surface area contributed by atoms with Crippen LogP contribution in [0.4, 0.5) is 0 Å². The van der Waals surface area contributed by atoms with E-state index in [1.54, 1.807) is 11.3 Å². The number of amides is 1. The minimum absolute atomic E-state index is 0.0260. The Bertz CT molecular complexity index is 333. The lowest BCUT2D eigenvalue weighted by Crippen LogP contribution is -2.43. The van der Waals surface area contributed by atoms with Crippen molar-refractivity contribution in [2.45, 2.75) is 19.1 Å². The SMILES string of the molecule is C[C@H](NC(=O)[C@@H]1COCCO1)c1cccs1. The number of carbonyl (C=O) groups is 1. The maximum Gasteiger partial charge on any atom is 0.252 e. The minimum atomic E-state index is -0.462. The fourth-order valence-corrected chi connectivity index (χ4v) is 2.29. The van der Waals surface area contributed by atoms with Gasteiger partial charge in [0.05, 0.1) is 25.9 Å². The third kappa shape index (κ3) is 2.81. The molecule has 16 heavy (non-hydrogen) atoms. The molecule has 0 bridgehead atoms. The second-order valence-corrected chi connectivity index (χ2v) is 4.66. The van der Waals surface area contributed by atoms with Crippen LogP contribution in [-0.4, -0.2) is 31.8 Å². The highest BCUT2D eigenvalue weighted by molar-refractivity contribution is 7.10. The van der Waals surface area contributed by atoms with E-state index >= 15 is 0 Å². The van der Waals surface area contributed by atoms with Crippen molar-refractivity contribution in [2.75, 3.05) is 19.8 Å². The van der Waals surface area contributed by atoms with Gasteiger partial charge in [-0.3, -0.25) is 4.79 Å². The van der Waals surface area contributed by atoms with Gasteiger partial charge in [-0.25, -0.2) is 0 Å². The van der Waals surface area contributed by atoms with E-state index in [0.29, 0.717) is 19.8 Å². The van der Waals surface area contributed by atoms with E-state index in [1.165, 1.54) is 0 Å². The summed E-state index contributed by atoms with van der Waals surface area (Å²) in [6.45, 7) is 3.38. The molecule has 2 atom stereocenters. The van der Waals surface area contributed by atoms with E-state index in [2.05, 4.69) is 5.32 Å². The highest BCUT2D eigenvalue weighted by atomic mass is 32.1.